The summed E-state index contributed by atoms with van der Waals surface area (Å²) in [7, 11) is -3.08. The first-order valence-corrected chi connectivity index (χ1v) is 9.77. The number of nitrogens with one attached hydrogen (secondary N) is 1. The molecule has 1 aromatic rings. The first-order valence-electron chi connectivity index (χ1n) is 7.92. The normalized spacial score (nSPS) is 20.0. The number of aromatic nitrogens is 2. The summed E-state index contributed by atoms with van der Waals surface area (Å²) in [5.74, 6) is 2.03. The Morgan fingerprint density at radius 2 is 2.18 bits per heavy atom. The van der Waals surface area contributed by atoms with Crippen molar-refractivity contribution in [2.45, 2.75) is 39.5 Å². The molecule has 22 heavy (non-hydrogen) atoms. The highest BCUT2D eigenvalue weighted by Crippen LogP contribution is 2.19. The molecule has 0 unspecified atom stereocenters. The number of hydrogen-bond acceptors (Lipinski definition) is 5. The predicted molar refractivity (Wildman–Crippen MR) is 88.4 cm³/mol. The molecule has 1 atom stereocenters. The molecule has 1 aliphatic rings. The van der Waals surface area contributed by atoms with Crippen molar-refractivity contribution in [2.24, 2.45) is 5.92 Å². The Hall–Kier alpha value is -1.21. The number of hydrogen-bond donors (Lipinski definition) is 1. The molecule has 1 fully saturated rings. The van der Waals surface area contributed by atoms with Gasteiger partial charge in [-0.2, -0.15) is 0 Å². The molecule has 7 heteroatoms. The van der Waals surface area contributed by atoms with Crippen molar-refractivity contribution in [3.8, 4) is 0 Å². The fourth-order valence-electron chi connectivity index (χ4n) is 2.80. The van der Waals surface area contributed by atoms with Gasteiger partial charge in [-0.3, -0.25) is 0 Å². The van der Waals surface area contributed by atoms with Crippen molar-refractivity contribution >= 4 is 15.8 Å². The summed E-state index contributed by atoms with van der Waals surface area (Å²) in [5.41, 5.74) is 0.961. The van der Waals surface area contributed by atoms with E-state index < -0.39 is 10.0 Å². The van der Waals surface area contributed by atoms with Gasteiger partial charge in [0.15, 0.2) is 0 Å². The molecule has 0 saturated carbocycles. The van der Waals surface area contributed by atoms with Crippen molar-refractivity contribution < 1.29 is 8.42 Å². The lowest BCUT2D eigenvalue weighted by Gasteiger charge is -2.31. The second-order valence-corrected chi connectivity index (χ2v) is 8.05. The van der Waals surface area contributed by atoms with Crippen LogP contribution in [0.5, 0.6) is 0 Å². The summed E-state index contributed by atoms with van der Waals surface area (Å²) >= 11 is 0. The molecule has 124 valence electrons. The van der Waals surface area contributed by atoms with Gasteiger partial charge in [-0.1, -0.05) is 6.92 Å². The zero-order valence-corrected chi connectivity index (χ0v) is 14.5. The molecule has 0 aliphatic carbocycles. The summed E-state index contributed by atoms with van der Waals surface area (Å²) in [4.78, 5) is 8.95. The number of anilines is 1. The van der Waals surface area contributed by atoms with Crippen molar-refractivity contribution in [3.05, 3.63) is 17.6 Å². The molecule has 1 N–H and O–H groups in total. The minimum atomic E-state index is -3.08. The van der Waals surface area contributed by atoms with Gasteiger partial charge in [-0.15, -0.1) is 0 Å². The predicted octanol–water partition coefficient (Wildman–Crippen LogP) is 1.82. The van der Waals surface area contributed by atoms with E-state index in [4.69, 9.17) is 0 Å². The van der Waals surface area contributed by atoms with E-state index in [1.54, 1.807) is 4.31 Å². The Labute approximate surface area is 133 Å². The standard InChI is InChI=1S/C15H26N4O2S/c1-4-6-14-17-12(2)9-15(18-14)16-10-13-7-5-8-19(11-13)22(3,20)21/h9,13H,4-8,10-11H2,1-3H3,(H,16,17,18)/t13-/m0/s1. The van der Waals surface area contributed by atoms with Gasteiger partial charge in [-0.05, 0) is 32.1 Å². The van der Waals surface area contributed by atoms with E-state index in [0.717, 1.165) is 49.6 Å². The third-order valence-corrected chi connectivity index (χ3v) is 5.17. The molecule has 2 heterocycles. The van der Waals surface area contributed by atoms with Gasteiger partial charge < -0.3 is 5.32 Å². The van der Waals surface area contributed by atoms with Gasteiger partial charge in [0, 0.05) is 37.8 Å². The second kappa shape index (κ2) is 7.37. The topological polar surface area (TPSA) is 75.2 Å². The van der Waals surface area contributed by atoms with Crippen molar-refractivity contribution in [2.75, 3.05) is 31.2 Å². The molecular formula is C15H26N4O2S. The Morgan fingerprint density at radius 1 is 1.41 bits per heavy atom. The summed E-state index contributed by atoms with van der Waals surface area (Å²) in [6.45, 7) is 6.06. The average molecular weight is 326 g/mol. The molecule has 2 rings (SSSR count). The number of sulfonamides is 1. The minimum absolute atomic E-state index is 0.327. The summed E-state index contributed by atoms with van der Waals surface area (Å²) in [6, 6.07) is 1.94. The van der Waals surface area contributed by atoms with Crippen LogP contribution in [0.1, 0.15) is 37.7 Å². The molecule has 0 radical (unpaired) electrons. The highest BCUT2D eigenvalue weighted by Gasteiger charge is 2.25. The molecule has 0 amide bonds. The van der Waals surface area contributed by atoms with Gasteiger partial charge in [0.2, 0.25) is 10.0 Å². The second-order valence-electron chi connectivity index (χ2n) is 6.07. The first-order chi connectivity index (χ1) is 10.4. The van der Waals surface area contributed by atoms with E-state index >= 15 is 0 Å². The van der Waals surface area contributed by atoms with Crippen LogP contribution < -0.4 is 5.32 Å². The largest absolute Gasteiger partial charge is 0.370 e. The molecule has 1 aliphatic heterocycles. The molecule has 1 saturated heterocycles. The Balaban J connectivity index is 1.95. The lowest BCUT2D eigenvalue weighted by Crippen LogP contribution is -2.41. The highest BCUT2D eigenvalue weighted by atomic mass is 32.2. The van der Waals surface area contributed by atoms with Gasteiger partial charge >= 0.3 is 0 Å². The summed E-state index contributed by atoms with van der Waals surface area (Å²) in [5, 5.41) is 3.35. The average Bonchev–Trinajstić information content (AvgIpc) is 2.44. The van der Waals surface area contributed by atoms with Crippen LogP contribution in [0.4, 0.5) is 5.82 Å². The third kappa shape index (κ3) is 4.91. The van der Waals surface area contributed by atoms with E-state index in [0.29, 0.717) is 19.0 Å². The maximum atomic E-state index is 11.7. The maximum Gasteiger partial charge on any atom is 0.211 e. The summed E-state index contributed by atoms with van der Waals surface area (Å²) < 4.78 is 24.9. The van der Waals surface area contributed by atoms with E-state index in [-0.39, 0.29) is 0 Å². The van der Waals surface area contributed by atoms with Crippen LogP contribution in [-0.2, 0) is 16.4 Å². The van der Waals surface area contributed by atoms with E-state index in [9.17, 15) is 8.42 Å². The Morgan fingerprint density at radius 3 is 2.86 bits per heavy atom. The molecule has 0 aromatic carbocycles. The zero-order valence-electron chi connectivity index (χ0n) is 13.7. The molecule has 1 aromatic heterocycles. The zero-order chi connectivity index (χ0) is 16.2. The molecule has 0 spiro atoms. The van der Waals surface area contributed by atoms with Crippen LogP contribution in [0, 0.1) is 12.8 Å². The lowest BCUT2D eigenvalue weighted by molar-refractivity contribution is 0.276. The number of aryl methyl sites for hydroxylation is 2. The fourth-order valence-corrected chi connectivity index (χ4v) is 3.74. The van der Waals surface area contributed by atoms with Crippen LogP contribution >= 0.6 is 0 Å². The Bertz CT molecular complexity index is 604. The number of nitrogens with zero attached hydrogens (tertiary/aromatic N) is 3. The fraction of sp³-hybridized carbons (Fsp3) is 0.733. The van der Waals surface area contributed by atoms with Crippen molar-refractivity contribution in [1.82, 2.24) is 14.3 Å². The van der Waals surface area contributed by atoms with Crippen LogP contribution in [0.3, 0.4) is 0 Å². The van der Waals surface area contributed by atoms with Crippen molar-refractivity contribution in [1.29, 1.82) is 0 Å². The van der Waals surface area contributed by atoms with Crippen LogP contribution in [0.15, 0.2) is 6.07 Å². The minimum Gasteiger partial charge on any atom is -0.370 e. The van der Waals surface area contributed by atoms with Crippen LogP contribution in [-0.4, -0.2) is 48.6 Å². The molecule has 6 nitrogen and oxygen atoms in total. The smallest absolute Gasteiger partial charge is 0.211 e. The maximum absolute atomic E-state index is 11.7. The van der Waals surface area contributed by atoms with E-state index in [2.05, 4.69) is 22.2 Å². The van der Waals surface area contributed by atoms with Gasteiger partial charge in [0.1, 0.15) is 11.6 Å². The van der Waals surface area contributed by atoms with Crippen molar-refractivity contribution in [3.63, 3.8) is 0 Å². The van der Waals surface area contributed by atoms with Gasteiger partial charge in [0.05, 0.1) is 6.26 Å². The third-order valence-electron chi connectivity index (χ3n) is 3.90. The Kier molecular flexibility index (Phi) is 5.74. The monoisotopic (exact) mass is 326 g/mol. The van der Waals surface area contributed by atoms with E-state index in [1.807, 2.05) is 13.0 Å². The summed E-state index contributed by atoms with van der Waals surface area (Å²) in [6.07, 6.45) is 5.15. The van der Waals surface area contributed by atoms with Gasteiger partial charge in [-0.25, -0.2) is 22.7 Å². The van der Waals surface area contributed by atoms with Crippen LogP contribution in [0.25, 0.3) is 0 Å². The quantitative estimate of drug-likeness (QED) is 0.863. The van der Waals surface area contributed by atoms with E-state index in [1.165, 1.54) is 6.26 Å². The van der Waals surface area contributed by atoms with Gasteiger partial charge in [0.25, 0.3) is 0 Å². The number of rotatable bonds is 6. The molecule has 0 bridgehead atoms. The highest BCUT2D eigenvalue weighted by molar-refractivity contribution is 7.88. The lowest BCUT2D eigenvalue weighted by atomic mass is 10.00. The molecular weight excluding hydrogens is 300 g/mol. The van der Waals surface area contributed by atoms with Crippen LogP contribution in [0.2, 0.25) is 0 Å². The number of piperidine rings is 1. The SMILES string of the molecule is CCCc1nc(C)cc(NC[C@@H]2CCCN(S(C)(=O)=O)C2)n1. The first kappa shape index (κ1) is 17.1.